The van der Waals surface area contributed by atoms with Crippen LogP contribution in [0.4, 0.5) is 23.0 Å². The zero-order chi connectivity index (χ0) is 19.2. The van der Waals surface area contributed by atoms with Crippen molar-refractivity contribution in [3.63, 3.8) is 0 Å². The van der Waals surface area contributed by atoms with Crippen molar-refractivity contribution >= 4 is 34.6 Å². The van der Waals surface area contributed by atoms with E-state index in [1.54, 1.807) is 51.7 Å². The fourth-order valence-corrected chi connectivity index (χ4v) is 2.62. The number of nitrogens with one attached hydrogen (secondary N) is 2. The normalized spacial score (nSPS) is 10.2. The summed E-state index contributed by atoms with van der Waals surface area (Å²) in [7, 11) is 4.80. The van der Waals surface area contributed by atoms with Crippen LogP contribution in [0.25, 0.3) is 0 Å². The van der Waals surface area contributed by atoms with E-state index in [1.807, 2.05) is 12.1 Å². The molecule has 0 saturated carbocycles. The molecule has 140 valence electrons. The second kappa shape index (κ2) is 8.46. The van der Waals surface area contributed by atoms with Gasteiger partial charge in [-0.15, -0.1) is 0 Å². The smallest absolute Gasteiger partial charge is 0.146 e. The van der Waals surface area contributed by atoms with Gasteiger partial charge in [0.05, 0.1) is 32.7 Å². The average molecular weight is 387 g/mol. The predicted octanol–water partition coefficient (Wildman–Crippen LogP) is 4.64. The molecular weight excluding hydrogens is 368 g/mol. The summed E-state index contributed by atoms with van der Waals surface area (Å²) in [6.45, 7) is 0. The van der Waals surface area contributed by atoms with E-state index in [0.29, 0.717) is 39.6 Å². The van der Waals surface area contributed by atoms with Crippen LogP contribution in [0.2, 0.25) is 5.02 Å². The van der Waals surface area contributed by atoms with Crippen molar-refractivity contribution in [1.29, 1.82) is 0 Å². The van der Waals surface area contributed by atoms with Crippen molar-refractivity contribution in [2.45, 2.75) is 0 Å². The van der Waals surface area contributed by atoms with E-state index in [-0.39, 0.29) is 0 Å². The summed E-state index contributed by atoms with van der Waals surface area (Å²) < 4.78 is 16.0. The van der Waals surface area contributed by atoms with Gasteiger partial charge in [0.2, 0.25) is 0 Å². The summed E-state index contributed by atoms with van der Waals surface area (Å²) in [4.78, 5) is 8.49. The van der Waals surface area contributed by atoms with Gasteiger partial charge in [-0.2, -0.15) is 0 Å². The number of methoxy groups -OCH3 is 3. The molecule has 0 aliphatic rings. The molecule has 1 aromatic heterocycles. The minimum absolute atomic E-state index is 0.584. The topological polar surface area (TPSA) is 77.5 Å². The van der Waals surface area contributed by atoms with Crippen LogP contribution in [0, 0.1) is 0 Å². The zero-order valence-electron chi connectivity index (χ0n) is 15.1. The average Bonchev–Trinajstić information content (AvgIpc) is 2.69. The van der Waals surface area contributed by atoms with Gasteiger partial charge in [0.15, 0.2) is 0 Å². The lowest BCUT2D eigenvalue weighted by molar-refractivity contribution is 0.395. The van der Waals surface area contributed by atoms with Gasteiger partial charge >= 0.3 is 0 Å². The maximum absolute atomic E-state index is 6.07. The van der Waals surface area contributed by atoms with E-state index < -0.39 is 0 Å². The van der Waals surface area contributed by atoms with Crippen LogP contribution < -0.4 is 24.8 Å². The minimum Gasteiger partial charge on any atom is -0.497 e. The molecule has 27 heavy (non-hydrogen) atoms. The monoisotopic (exact) mass is 386 g/mol. The Morgan fingerprint density at radius 2 is 1.44 bits per heavy atom. The van der Waals surface area contributed by atoms with E-state index >= 15 is 0 Å². The van der Waals surface area contributed by atoms with Crippen LogP contribution in [-0.2, 0) is 0 Å². The minimum atomic E-state index is 0.584. The van der Waals surface area contributed by atoms with E-state index in [9.17, 15) is 0 Å². The number of hydrogen-bond donors (Lipinski definition) is 2. The molecule has 2 aromatic carbocycles. The van der Waals surface area contributed by atoms with Crippen LogP contribution in [-0.4, -0.2) is 31.3 Å². The quantitative estimate of drug-likeness (QED) is 0.612. The third-order valence-electron chi connectivity index (χ3n) is 3.76. The summed E-state index contributed by atoms with van der Waals surface area (Å²) in [6.07, 6.45) is 1.46. The Balaban J connectivity index is 1.83. The highest BCUT2D eigenvalue weighted by atomic mass is 35.5. The van der Waals surface area contributed by atoms with Crippen LogP contribution in [0.15, 0.2) is 48.8 Å². The molecule has 0 fully saturated rings. The van der Waals surface area contributed by atoms with Gasteiger partial charge in [0, 0.05) is 17.2 Å². The number of halogens is 1. The SMILES string of the molecule is COc1ccc(Nc2cc(Nc3cc(Cl)ccc3OC)ncn2)c(OC)c1. The van der Waals surface area contributed by atoms with Gasteiger partial charge in [-0.25, -0.2) is 9.97 Å². The van der Waals surface area contributed by atoms with Gasteiger partial charge in [0.25, 0.3) is 0 Å². The molecule has 0 amide bonds. The van der Waals surface area contributed by atoms with Crippen molar-refractivity contribution in [3.05, 3.63) is 53.8 Å². The number of aromatic nitrogens is 2. The lowest BCUT2D eigenvalue weighted by atomic mass is 10.2. The summed E-state index contributed by atoms with van der Waals surface area (Å²) >= 11 is 6.07. The Morgan fingerprint density at radius 1 is 0.741 bits per heavy atom. The first kappa shape index (κ1) is 18.6. The number of anilines is 4. The van der Waals surface area contributed by atoms with Gasteiger partial charge in [-0.3, -0.25) is 0 Å². The molecule has 0 aliphatic carbocycles. The zero-order valence-corrected chi connectivity index (χ0v) is 15.9. The molecule has 3 aromatic rings. The maximum atomic E-state index is 6.07. The fourth-order valence-electron chi connectivity index (χ4n) is 2.45. The van der Waals surface area contributed by atoms with Gasteiger partial charge in [-0.1, -0.05) is 11.6 Å². The largest absolute Gasteiger partial charge is 0.497 e. The van der Waals surface area contributed by atoms with Crippen molar-refractivity contribution < 1.29 is 14.2 Å². The van der Waals surface area contributed by atoms with Gasteiger partial charge < -0.3 is 24.8 Å². The number of rotatable bonds is 7. The molecular formula is C19H19ClN4O3. The molecule has 2 N–H and O–H groups in total. The molecule has 3 rings (SSSR count). The molecule has 0 spiro atoms. The molecule has 0 bridgehead atoms. The summed E-state index contributed by atoms with van der Waals surface area (Å²) in [6, 6.07) is 12.6. The van der Waals surface area contributed by atoms with Gasteiger partial charge in [0.1, 0.15) is 35.2 Å². The van der Waals surface area contributed by atoms with Crippen molar-refractivity contribution in [2.24, 2.45) is 0 Å². The number of hydrogen-bond acceptors (Lipinski definition) is 7. The third kappa shape index (κ3) is 4.51. The van der Waals surface area contributed by atoms with Crippen LogP contribution in [0.1, 0.15) is 0 Å². The molecule has 0 aliphatic heterocycles. The lowest BCUT2D eigenvalue weighted by Crippen LogP contribution is -2.01. The lowest BCUT2D eigenvalue weighted by Gasteiger charge is -2.13. The number of ether oxygens (including phenoxy) is 3. The Morgan fingerprint density at radius 3 is 2.11 bits per heavy atom. The summed E-state index contributed by atoms with van der Waals surface area (Å²) in [5.74, 6) is 3.18. The molecule has 0 radical (unpaired) electrons. The second-order valence-corrected chi connectivity index (χ2v) is 5.89. The molecule has 0 atom stereocenters. The Labute approximate surface area is 162 Å². The van der Waals surface area contributed by atoms with E-state index in [0.717, 1.165) is 5.69 Å². The standard InChI is InChI=1S/C19H19ClN4O3/c1-25-13-5-6-14(17(9-13)27-3)23-18-10-19(22-11-21-18)24-15-8-12(20)4-7-16(15)26-2/h4-11H,1-3H3,(H2,21,22,23,24). The highest BCUT2D eigenvalue weighted by molar-refractivity contribution is 6.31. The molecule has 0 unspecified atom stereocenters. The molecule has 0 saturated heterocycles. The van der Waals surface area contributed by atoms with Crippen molar-refractivity contribution in [2.75, 3.05) is 32.0 Å². The number of nitrogens with zero attached hydrogens (tertiary/aromatic N) is 2. The van der Waals surface area contributed by atoms with Gasteiger partial charge in [-0.05, 0) is 30.3 Å². The first-order valence-electron chi connectivity index (χ1n) is 8.04. The molecule has 1 heterocycles. The van der Waals surface area contributed by atoms with Crippen LogP contribution in [0.3, 0.4) is 0 Å². The van der Waals surface area contributed by atoms with Crippen LogP contribution in [0.5, 0.6) is 17.2 Å². The fraction of sp³-hybridized carbons (Fsp3) is 0.158. The van der Waals surface area contributed by atoms with E-state index in [4.69, 9.17) is 25.8 Å². The van der Waals surface area contributed by atoms with Crippen molar-refractivity contribution in [3.8, 4) is 17.2 Å². The summed E-state index contributed by atoms with van der Waals surface area (Å²) in [5.41, 5.74) is 1.46. The Bertz CT molecular complexity index is 937. The van der Waals surface area contributed by atoms with Crippen LogP contribution >= 0.6 is 11.6 Å². The molecule has 7 nitrogen and oxygen atoms in total. The molecule has 8 heteroatoms. The van der Waals surface area contributed by atoms with E-state index in [1.165, 1.54) is 6.33 Å². The summed E-state index contributed by atoms with van der Waals surface area (Å²) in [5, 5.41) is 6.99. The highest BCUT2D eigenvalue weighted by Gasteiger charge is 2.09. The number of benzene rings is 2. The Kier molecular flexibility index (Phi) is 5.83. The van der Waals surface area contributed by atoms with E-state index in [2.05, 4.69) is 20.6 Å². The first-order valence-corrected chi connectivity index (χ1v) is 8.42. The highest BCUT2D eigenvalue weighted by Crippen LogP contribution is 2.33. The first-order chi connectivity index (χ1) is 13.1. The maximum Gasteiger partial charge on any atom is 0.146 e. The third-order valence-corrected chi connectivity index (χ3v) is 4.00. The second-order valence-electron chi connectivity index (χ2n) is 5.45. The van der Waals surface area contributed by atoms with Crippen molar-refractivity contribution in [1.82, 2.24) is 9.97 Å². The predicted molar refractivity (Wildman–Crippen MR) is 106 cm³/mol. The Hall–Kier alpha value is -3.19.